The highest BCUT2D eigenvalue weighted by molar-refractivity contribution is 9.10. The van der Waals surface area contributed by atoms with Crippen LogP contribution in [0.5, 0.6) is 0 Å². The molecule has 1 heterocycles. The minimum atomic E-state index is -1.32. The van der Waals surface area contributed by atoms with E-state index in [1.54, 1.807) is 6.08 Å². The average Bonchev–Trinajstić information content (AvgIpc) is 2.66. The van der Waals surface area contributed by atoms with Crippen LogP contribution in [0.2, 0.25) is 0 Å². The lowest BCUT2D eigenvalue weighted by atomic mass is 9.91. The standard InChI is InChI=1S/C15H15BrFNO/c16-12-1-2-13-10(8-12)7-11(14(13)19)9-15(17)3-5-18-6-4-15/h1-2,8-9,18H,3-7H2. The molecule has 1 aromatic rings. The number of hydrogen-bond acceptors (Lipinski definition) is 2. The molecule has 0 radical (unpaired) electrons. The Balaban J connectivity index is 1.90. The van der Waals surface area contributed by atoms with Crippen LogP contribution in [0.4, 0.5) is 4.39 Å². The maximum absolute atomic E-state index is 14.6. The second-order valence-corrected chi connectivity index (χ2v) is 6.18. The Labute approximate surface area is 120 Å². The van der Waals surface area contributed by atoms with Crippen molar-refractivity contribution < 1.29 is 9.18 Å². The molecule has 100 valence electrons. The molecule has 19 heavy (non-hydrogen) atoms. The zero-order valence-corrected chi connectivity index (χ0v) is 12.1. The van der Waals surface area contributed by atoms with Gasteiger partial charge in [0, 0.05) is 22.0 Å². The highest BCUT2D eigenvalue weighted by Gasteiger charge is 2.33. The number of carbonyl (C=O) groups excluding carboxylic acids is 1. The van der Waals surface area contributed by atoms with Crippen LogP contribution >= 0.6 is 15.9 Å². The number of hydrogen-bond donors (Lipinski definition) is 1. The summed E-state index contributed by atoms with van der Waals surface area (Å²) in [6.45, 7) is 1.35. The number of nitrogens with one attached hydrogen (secondary N) is 1. The highest BCUT2D eigenvalue weighted by atomic mass is 79.9. The van der Waals surface area contributed by atoms with Crippen LogP contribution in [0.25, 0.3) is 0 Å². The molecular formula is C15H15BrFNO. The molecule has 0 saturated carbocycles. The lowest BCUT2D eigenvalue weighted by molar-refractivity contribution is 0.103. The first-order chi connectivity index (χ1) is 9.07. The summed E-state index contributed by atoms with van der Waals surface area (Å²) in [7, 11) is 0. The smallest absolute Gasteiger partial charge is 0.189 e. The normalized spacial score (nSPS) is 23.7. The van der Waals surface area contributed by atoms with Crippen LogP contribution in [0, 0.1) is 0 Å². The number of halogens is 2. The molecule has 0 aromatic heterocycles. The van der Waals surface area contributed by atoms with E-state index in [0.717, 1.165) is 10.0 Å². The SMILES string of the molecule is O=C1C(=CC2(F)CCNCC2)Cc2cc(Br)ccc21. The van der Waals surface area contributed by atoms with Crippen molar-refractivity contribution in [3.63, 3.8) is 0 Å². The molecular weight excluding hydrogens is 309 g/mol. The van der Waals surface area contributed by atoms with Gasteiger partial charge in [0.1, 0.15) is 5.67 Å². The van der Waals surface area contributed by atoms with E-state index in [1.807, 2.05) is 18.2 Å². The van der Waals surface area contributed by atoms with Crippen molar-refractivity contribution >= 4 is 21.7 Å². The Bertz CT molecular complexity index is 561. The third-order valence-electron chi connectivity index (χ3n) is 3.85. The molecule has 0 unspecified atom stereocenters. The van der Waals surface area contributed by atoms with Gasteiger partial charge in [-0.05, 0) is 55.8 Å². The molecule has 0 spiro atoms. The van der Waals surface area contributed by atoms with Crippen molar-refractivity contribution in [1.29, 1.82) is 0 Å². The van der Waals surface area contributed by atoms with Gasteiger partial charge >= 0.3 is 0 Å². The molecule has 3 rings (SSSR count). The lowest BCUT2D eigenvalue weighted by Crippen LogP contribution is -2.37. The molecule has 0 atom stereocenters. The number of ketones is 1. The van der Waals surface area contributed by atoms with Crippen LogP contribution in [0.3, 0.4) is 0 Å². The third kappa shape index (κ3) is 2.51. The van der Waals surface area contributed by atoms with Crippen molar-refractivity contribution in [2.45, 2.75) is 24.9 Å². The Morgan fingerprint density at radius 1 is 1.32 bits per heavy atom. The average molecular weight is 324 g/mol. The van der Waals surface area contributed by atoms with E-state index in [9.17, 15) is 9.18 Å². The van der Waals surface area contributed by atoms with Crippen molar-refractivity contribution in [2.75, 3.05) is 13.1 Å². The van der Waals surface area contributed by atoms with E-state index < -0.39 is 5.67 Å². The highest BCUT2D eigenvalue weighted by Crippen LogP contribution is 2.33. The number of fused-ring (bicyclic) bond motifs is 1. The van der Waals surface area contributed by atoms with E-state index in [4.69, 9.17) is 0 Å². The second-order valence-electron chi connectivity index (χ2n) is 5.26. The minimum Gasteiger partial charge on any atom is -0.316 e. The predicted octanol–water partition coefficient (Wildman–Crippen LogP) is 3.21. The van der Waals surface area contributed by atoms with Gasteiger partial charge in [0.2, 0.25) is 0 Å². The molecule has 0 bridgehead atoms. The molecule has 4 heteroatoms. The van der Waals surface area contributed by atoms with E-state index in [2.05, 4.69) is 21.2 Å². The summed E-state index contributed by atoms with van der Waals surface area (Å²) in [5, 5.41) is 3.14. The quantitative estimate of drug-likeness (QED) is 0.804. The fourth-order valence-corrected chi connectivity index (χ4v) is 3.21. The third-order valence-corrected chi connectivity index (χ3v) is 4.35. The van der Waals surface area contributed by atoms with Crippen LogP contribution < -0.4 is 5.32 Å². The minimum absolute atomic E-state index is 0.0157. The number of Topliss-reactive ketones (excluding diaryl/α,β-unsaturated/α-hetero) is 1. The largest absolute Gasteiger partial charge is 0.316 e. The zero-order valence-electron chi connectivity index (χ0n) is 10.5. The Morgan fingerprint density at radius 2 is 2.05 bits per heavy atom. The van der Waals surface area contributed by atoms with Crippen molar-refractivity contribution in [1.82, 2.24) is 5.32 Å². The Kier molecular flexibility index (Phi) is 3.31. The number of rotatable bonds is 1. The summed E-state index contributed by atoms with van der Waals surface area (Å²) in [5.41, 5.74) is 0.989. The van der Waals surface area contributed by atoms with Gasteiger partial charge in [0.15, 0.2) is 5.78 Å². The van der Waals surface area contributed by atoms with Crippen LogP contribution in [-0.2, 0) is 6.42 Å². The first-order valence-electron chi connectivity index (χ1n) is 6.52. The fourth-order valence-electron chi connectivity index (χ4n) is 2.80. The van der Waals surface area contributed by atoms with Gasteiger partial charge in [-0.1, -0.05) is 15.9 Å². The summed E-state index contributed by atoms with van der Waals surface area (Å²) in [4.78, 5) is 12.3. The Morgan fingerprint density at radius 3 is 2.79 bits per heavy atom. The topological polar surface area (TPSA) is 29.1 Å². The number of carbonyl (C=O) groups is 1. The molecule has 1 N–H and O–H groups in total. The van der Waals surface area contributed by atoms with E-state index >= 15 is 0 Å². The predicted molar refractivity (Wildman–Crippen MR) is 76.2 cm³/mol. The molecule has 1 saturated heterocycles. The fraction of sp³-hybridized carbons (Fsp3) is 0.400. The van der Waals surface area contributed by atoms with Gasteiger partial charge in [-0.25, -0.2) is 4.39 Å². The molecule has 1 aliphatic heterocycles. The number of piperidine rings is 1. The van der Waals surface area contributed by atoms with Crippen LogP contribution in [0.15, 0.2) is 34.3 Å². The summed E-state index contributed by atoms with van der Waals surface area (Å²) in [6, 6.07) is 5.62. The van der Waals surface area contributed by atoms with Crippen LogP contribution in [-0.4, -0.2) is 24.5 Å². The van der Waals surface area contributed by atoms with E-state index in [0.29, 0.717) is 43.5 Å². The zero-order chi connectivity index (χ0) is 13.5. The van der Waals surface area contributed by atoms with Gasteiger partial charge in [-0.15, -0.1) is 0 Å². The maximum Gasteiger partial charge on any atom is 0.189 e. The number of benzene rings is 1. The maximum atomic E-state index is 14.6. The summed E-state index contributed by atoms with van der Waals surface area (Å²) >= 11 is 3.40. The first-order valence-corrected chi connectivity index (χ1v) is 7.31. The lowest BCUT2D eigenvalue weighted by Gasteiger charge is -2.27. The molecule has 1 fully saturated rings. The summed E-state index contributed by atoms with van der Waals surface area (Å²) in [6.07, 6.45) is 3.02. The van der Waals surface area contributed by atoms with Gasteiger partial charge < -0.3 is 5.32 Å². The van der Waals surface area contributed by atoms with E-state index in [-0.39, 0.29) is 5.78 Å². The first kappa shape index (κ1) is 13.0. The second kappa shape index (κ2) is 4.84. The molecule has 0 amide bonds. The number of allylic oxidation sites excluding steroid dienone is 2. The number of alkyl halides is 1. The molecule has 1 aromatic carbocycles. The monoisotopic (exact) mass is 323 g/mol. The molecule has 2 nitrogen and oxygen atoms in total. The summed E-state index contributed by atoms with van der Waals surface area (Å²) in [5.74, 6) is -0.0157. The van der Waals surface area contributed by atoms with Gasteiger partial charge in [0.25, 0.3) is 0 Å². The van der Waals surface area contributed by atoms with Gasteiger partial charge in [-0.3, -0.25) is 4.79 Å². The molecule has 1 aliphatic carbocycles. The summed E-state index contributed by atoms with van der Waals surface area (Å²) < 4.78 is 15.6. The van der Waals surface area contributed by atoms with E-state index in [1.165, 1.54) is 0 Å². The van der Waals surface area contributed by atoms with Crippen molar-refractivity contribution in [3.05, 3.63) is 45.4 Å². The van der Waals surface area contributed by atoms with Crippen molar-refractivity contribution in [2.24, 2.45) is 0 Å². The van der Waals surface area contributed by atoms with Gasteiger partial charge in [-0.2, -0.15) is 0 Å². The van der Waals surface area contributed by atoms with Crippen molar-refractivity contribution in [3.8, 4) is 0 Å². The Hall–Kier alpha value is -1.00. The molecule has 2 aliphatic rings. The van der Waals surface area contributed by atoms with Gasteiger partial charge in [0.05, 0.1) is 0 Å². The van der Waals surface area contributed by atoms with Crippen LogP contribution in [0.1, 0.15) is 28.8 Å².